The predicted molar refractivity (Wildman–Crippen MR) is 165 cm³/mol. The van der Waals surface area contributed by atoms with Crippen LogP contribution < -0.4 is 24.4 Å². The molecule has 3 aromatic carbocycles. The Balaban J connectivity index is 1.59. The van der Waals surface area contributed by atoms with Gasteiger partial charge in [-0.05, 0) is 63.1 Å². The molecule has 1 aliphatic heterocycles. The molecule has 0 fully saturated rings. The van der Waals surface area contributed by atoms with E-state index in [1.807, 2.05) is 38.1 Å². The molecule has 0 saturated heterocycles. The molecule has 0 unspecified atom stereocenters. The fourth-order valence-corrected chi connectivity index (χ4v) is 6.17. The molecular formula is C33H30ClFN2O5S. The van der Waals surface area contributed by atoms with Crippen LogP contribution in [0.15, 0.2) is 81.7 Å². The van der Waals surface area contributed by atoms with Crippen LogP contribution in [0.4, 0.5) is 4.39 Å². The molecule has 0 N–H and O–H groups in total. The van der Waals surface area contributed by atoms with Crippen molar-refractivity contribution in [2.45, 2.75) is 40.3 Å². The molecule has 2 heterocycles. The fraction of sp³-hybridized carbons (Fsp3) is 0.242. The Labute approximate surface area is 257 Å². The lowest BCUT2D eigenvalue weighted by molar-refractivity contribution is -0.139. The van der Waals surface area contributed by atoms with Crippen LogP contribution in [-0.4, -0.2) is 23.8 Å². The van der Waals surface area contributed by atoms with E-state index < -0.39 is 12.0 Å². The summed E-state index contributed by atoms with van der Waals surface area (Å²) in [7, 11) is 0. The summed E-state index contributed by atoms with van der Waals surface area (Å²) in [4.78, 5) is 32.1. The lowest BCUT2D eigenvalue weighted by Gasteiger charge is -2.24. The summed E-state index contributed by atoms with van der Waals surface area (Å²) in [6.45, 7) is 7.79. The molecule has 0 bridgehead atoms. The van der Waals surface area contributed by atoms with Gasteiger partial charge in [-0.2, -0.15) is 0 Å². The highest BCUT2D eigenvalue weighted by atomic mass is 35.5. The van der Waals surface area contributed by atoms with E-state index in [1.54, 1.807) is 50.3 Å². The Bertz CT molecular complexity index is 1900. The van der Waals surface area contributed by atoms with Crippen molar-refractivity contribution in [3.05, 3.63) is 125 Å². The smallest absolute Gasteiger partial charge is 0.338 e. The Morgan fingerprint density at radius 1 is 1.07 bits per heavy atom. The number of thiazole rings is 1. The minimum absolute atomic E-state index is 0.0361. The molecular weight excluding hydrogens is 591 g/mol. The van der Waals surface area contributed by atoms with Gasteiger partial charge in [0.2, 0.25) is 0 Å². The molecule has 1 aromatic heterocycles. The number of nitrogens with zero attached hydrogens (tertiary/aromatic N) is 2. The number of carbonyl (C=O) groups excluding carboxylic acids is 1. The van der Waals surface area contributed by atoms with Crippen LogP contribution >= 0.6 is 22.9 Å². The number of aromatic nitrogens is 1. The third-order valence-corrected chi connectivity index (χ3v) is 8.13. The monoisotopic (exact) mass is 620 g/mol. The van der Waals surface area contributed by atoms with Crippen LogP contribution in [0.2, 0.25) is 5.02 Å². The number of aryl methyl sites for hydroxylation is 1. The van der Waals surface area contributed by atoms with Gasteiger partial charge in [-0.1, -0.05) is 71.0 Å². The van der Waals surface area contributed by atoms with Gasteiger partial charge >= 0.3 is 5.97 Å². The van der Waals surface area contributed by atoms with E-state index in [2.05, 4.69) is 4.99 Å². The summed E-state index contributed by atoms with van der Waals surface area (Å²) in [6.07, 6.45) is 1.70. The van der Waals surface area contributed by atoms with E-state index in [0.717, 1.165) is 11.1 Å². The van der Waals surface area contributed by atoms with Crippen LogP contribution in [0, 0.1) is 12.7 Å². The maximum absolute atomic E-state index is 14.2. The number of rotatable bonds is 9. The summed E-state index contributed by atoms with van der Waals surface area (Å²) < 4.78 is 33.1. The van der Waals surface area contributed by atoms with Gasteiger partial charge in [-0.3, -0.25) is 9.36 Å². The van der Waals surface area contributed by atoms with Gasteiger partial charge in [0.15, 0.2) is 16.3 Å². The number of halogens is 2. The SMILES string of the molecule is CCOC(=O)C1=C(C)N=c2s/c(=C/c3cc(Cl)c(OCc4ccccc4F)c(OCC)c3)c(=O)n2[C@@H]1c1ccc(C)cc1. The quantitative estimate of drug-likeness (QED) is 0.219. The van der Waals surface area contributed by atoms with Gasteiger partial charge in [0.05, 0.1) is 40.1 Å². The van der Waals surface area contributed by atoms with Crippen molar-refractivity contribution >= 4 is 35.0 Å². The molecule has 0 amide bonds. The number of benzene rings is 3. The van der Waals surface area contributed by atoms with Crippen LogP contribution in [-0.2, 0) is 16.1 Å². The predicted octanol–water partition coefficient (Wildman–Crippen LogP) is 5.88. The normalized spacial score (nSPS) is 14.7. The first kappa shape index (κ1) is 30.3. The highest BCUT2D eigenvalue weighted by Crippen LogP contribution is 2.38. The van der Waals surface area contributed by atoms with E-state index in [-0.39, 0.29) is 35.4 Å². The number of esters is 1. The van der Waals surface area contributed by atoms with Crippen molar-refractivity contribution in [3.8, 4) is 11.5 Å². The zero-order valence-electron chi connectivity index (χ0n) is 24.1. The summed E-state index contributed by atoms with van der Waals surface area (Å²) in [5.74, 6) is -0.251. The van der Waals surface area contributed by atoms with Gasteiger partial charge in [0.25, 0.3) is 5.56 Å². The minimum atomic E-state index is -0.699. The summed E-state index contributed by atoms with van der Waals surface area (Å²) in [6, 6.07) is 16.7. The zero-order chi connectivity index (χ0) is 30.7. The number of ether oxygens (including phenoxy) is 3. The first-order valence-corrected chi connectivity index (χ1v) is 15.0. The summed E-state index contributed by atoms with van der Waals surface area (Å²) in [5.41, 5.74) is 3.32. The number of carbonyl (C=O) groups is 1. The van der Waals surface area contributed by atoms with E-state index >= 15 is 0 Å². The van der Waals surface area contributed by atoms with Gasteiger partial charge in [-0.15, -0.1) is 0 Å². The van der Waals surface area contributed by atoms with Gasteiger partial charge in [0, 0.05) is 5.56 Å². The van der Waals surface area contributed by atoms with Crippen LogP contribution in [0.3, 0.4) is 0 Å². The molecule has 4 aromatic rings. The second kappa shape index (κ2) is 13.0. The Morgan fingerprint density at radius 3 is 2.51 bits per heavy atom. The Kier molecular flexibility index (Phi) is 9.13. The van der Waals surface area contributed by atoms with E-state index in [1.165, 1.54) is 22.0 Å². The van der Waals surface area contributed by atoms with Gasteiger partial charge in [0.1, 0.15) is 12.4 Å². The Hall–Kier alpha value is -4.21. The largest absolute Gasteiger partial charge is 0.490 e. The fourth-order valence-electron chi connectivity index (χ4n) is 4.85. The molecule has 0 aliphatic carbocycles. The van der Waals surface area contributed by atoms with Crippen LogP contribution in [0.5, 0.6) is 11.5 Å². The van der Waals surface area contributed by atoms with E-state index in [4.69, 9.17) is 25.8 Å². The third-order valence-electron chi connectivity index (χ3n) is 6.87. The summed E-state index contributed by atoms with van der Waals surface area (Å²) >= 11 is 7.84. The van der Waals surface area contributed by atoms with E-state index in [0.29, 0.717) is 44.1 Å². The summed E-state index contributed by atoms with van der Waals surface area (Å²) in [5, 5.41) is 0.249. The maximum Gasteiger partial charge on any atom is 0.338 e. The highest BCUT2D eigenvalue weighted by molar-refractivity contribution is 7.07. The van der Waals surface area contributed by atoms with Crippen molar-refractivity contribution in [1.82, 2.24) is 4.57 Å². The molecule has 222 valence electrons. The molecule has 1 aliphatic rings. The second-order valence-corrected chi connectivity index (χ2v) is 11.3. The van der Waals surface area contributed by atoms with Crippen molar-refractivity contribution in [3.63, 3.8) is 0 Å². The topological polar surface area (TPSA) is 79.1 Å². The number of hydrogen-bond donors (Lipinski definition) is 0. The Morgan fingerprint density at radius 2 is 1.81 bits per heavy atom. The molecule has 0 spiro atoms. The van der Waals surface area contributed by atoms with E-state index in [9.17, 15) is 14.0 Å². The average Bonchev–Trinajstić information content (AvgIpc) is 3.27. The molecule has 1 atom stereocenters. The first-order chi connectivity index (χ1) is 20.7. The molecule has 0 saturated carbocycles. The van der Waals surface area contributed by atoms with Crippen LogP contribution in [0.1, 0.15) is 49.1 Å². The molecule has 0 radical (unpaired) electrons. The lowest BCUT2D eigenvalue weighted by Crippen LogP contribution is -2.39. The minimum Gasteiger partial charge on any atom is -0.490 e. The van der Waals surface area contributed by atoms with Crippen molar-refractivity contribution < 1.29 is 23.4 Å². The molecule has 7 nitrogen and oxygen atoms in total. The van der Waals surface area contributed by atoms with Crippen molar-refractivity contribution in [1.29, 1.82) is 0 Å². The average molecular weight is 621 g/mol. The second-order valence-electron chi connectivity index (χ2n) is 9.86. The molecule has 10 heteroatoms. The van der Waals surface area contributed by atoms with Crippen molar-refractivity contribution in [2.75, 3.05) is 13.2 Å². The first-order valence-electron chi connectivity index (χ1n) is 13.8. The van der Waals surface area contributed by atoms with Gasteiger partial charge in [-0.25, -0.2) is 14.2 Å². The highest BCUT2D eigenvalue weighted by Gasteiger charge is 2.33. The number of fused-ring (bicyclic) bond motifs is 1. The zero-order valence-corrected chi connectivity index (χ0v) is 25.7. The standard InChI is InChI=1S/C33H30ClFN2O5S/c1-5-40-26-16-21(15-24(34)30(26)42-18-23-9-7-8-10-25(23)35)17-27-31(38)37-29(22-13-11-19(3)12-14-22)28(32(39)41-6-2)20(4)36-33(37)43-27/h7-17,29H,5-6,18H2,1-4H3/b27-17+/t29-/m1/s1. The van der Waals surface area contributed by atoms with Crippen LogP contribution in [0.25, 0.3) is 6.08 Å². The number of hydrogen-bond acceptors (Lipinski definition) is 7. The lowest BCUT2D eigenvalue weighted by atomic mass is 9.95. The molecule has 43 heavy (non-hydrogen) atoms. The van der Waals surface area contributed by atoms with Gasteiger partial charge < -0.3 is 14.2 Å². The number of allylic oxidation sites excluding steroid dienone is 1. The maximum atomic E-state index is 14.2. The van der Waals surface area contributed by atoms with Crippen molar-refractivity contribution in [2.24, 2.45) is 4.99 Å². The molecule has 5 rings (SSSR count). The third kappa shape index (κ3) is 6.28.